The molecular formula is C18H28O2. The first-order valence-corrected chi connectivity index (χ1v) is 7.50. The van der Waals surface area contributed by atoms with Crippen molar-refractivity contribution in [3.63, 3.8) is 0 Å². The van der Waals surface area contributed by atoms with Crippen LogP contribution in [0.4, 0.5) is 0 Å². The Morgan fingerprint density at radius 3 is 2.40 bits per heavy atom. The maximum atomic E-state index is 12.7. The molecule has 1 atom stereocenters. The third kappa shape index (κ3) is 4.75. The Morgan fingerprint density at radius 2 is 1.90 bits per heavy atom. The van der Waals surface area contributed by atoms with Crippen molar-refractivity contribution in [3.05, 3.63) is 35.4 Å². The Morgan fingerprint density at radius 1 is 1.25 bits per heavy atom. The van der Waals surface area contributed by atoms with Crippen molar-refractivity contribution in [1.29, 1.82) is 0 Å². The molecule has 0 spiro atoms. The predicted octanol–water partition coefficient (Wildman–Crippen LogP) is 4.52. The summed E-state index contributed by atoms with van der Waals surface area (Å²) in [4.78, 5) is 12.7. The maximum Gasteiger partial charge on any atom is 0.192 e. The van der Waals surface area contributed by atoms with E-state index in [1.54, 1.807) is 0 Å². The first-order chi connectivity index (χ1) is 9.25. The Balaban J connectivity index is 3.00. The summed E-state index contributed by atoms with van der Waals surface area (Å²) in [5, 5.41) is 0. The van der Waals surface area contributed by atoms with Gasteiger partial charge in [-0.2, -0.15) is 0 Å². The zero-order valence-electron chi connectivity index (χ0n) is 13.7. The summed E-state index contributed by atoms with van der Waals surface area (Å²) < 4.78 is 5.69. The Kier molecular flexibility index (Phi) is 5.94. The molecule has 0 saturated heterocycles. The summed E-state index contributed by atoms with van der Waals surface area (Å²) in [6, 6.07) is 7.96. The first kappa shape index (κ1) is 16.9. The van der Waals surface area contributed by atoms with Gasteiger partial charge in [-0.3, -0.25) is 4.79 Å². The van der Waals surface area contributed by atoms with Gasteiger partial charge in [0.15, 0.2) is 5.78 Å². The zero-order valence-corrected chi connectivity index (χ0v) is 13.7. The number of Topliss-reactive ketones (excluding diaryl/α,β-unsaturated/α-hetero) is 1. The van der Waals surface area contributed by atoms with Crippen LogP contribution in [-0.2, 0) is 11.2 Å². The molecule has 0 fully saturated rings. The molecular weight excluding hydrogens is 248 g/mol. The van der Waals surface area contributed by atoms with Gasteiger partial charge in [-0.05, 0) is 36.3 Å². The minimum absolute atomic E-state index is 0.0879. The SMILES string of the molecule is CCOC(C(=O)c1cccc(CC(C)C)c1)C(C)(C)C. The van der Waals surface area contributed by atoms with Gasteiger partial charge >= 0.3 is 0 Å². The average molecular weight is 276 g/mol. The number of ketones is 1. The van der Waals surface area contributed by atoms with Gasteiger partial charge in [-0.15, -0.1) is 0 Å². The fourth-order valence-electron chi connectivity index (χ4n) is 2.36. The molecule has 0 bridgehead atoms. The lowest BCUT2D eigenvalue weighted by Crippen LogP contribution is -2.37. The van der Waals surface area contributed by atoms with Crippen LogP contribution in [0.2, 0.25) is 0 Å². The van der Waals surface area contributed by atoms with E-state index in [4.69, 9.17) is 4.74 Å². The summed E-state index contributed by atoms with van der Waals surface area (Å²) in [6.45, 7) is 13.0. The van der Waals surface area contributed by atoms with Crippen LogP contribution >= 0.6 is 0 Å². The van der Waals surface area contributed by atoms with Crippen LogP contribution in [0.25, 0.3) is 0 Å². The maximum absolute atomic E-state index is 12.7. The van der Waals surface area contributed by atoms with Crippen LogP contribution in [0.15, 0.2) is 24.3 Å². The third-order valence-corrected chi connectivity index (χ3v) is 3.21. The molecule has 0 aromatic heterocycles. The van der Waals surface area contributed by atoms with Crippen LogP contribution in [0.1, 0.15) is 57.5 Å². The lowest BCUT2D eigenvalue weighted by Gasteiger charge is -2.29. The molecule has 1 aromatic carbocycles. The fourth-order valence-corrected chi connectivity index (χ4v) is 2.36. The second kappa shape index (κ2) is 7.03. The second-order valence-corrected chi connectivity index (χ2v) is 6.86. The van der Waals surface area contributed by atoms with Crippen LogP contribution < -0.4 is 0 Å². The minimum Gasteiger partial charge on any atom is -0.370 e. The van der Waals surface area contributed by atoms with Crippen molar-refractivity contribution >= 4 is 5.78 Å². The lowest BCUT2D eigenvalue weighted by molar-refractivity contribution is -0.000226. The normalized spacial score (nSPS) is 13.6. The van der Waals surface area contributed by atoms with Gasteiger partial charge in [0.25, 0.3) is 0 Å². The Hall–Kier alpha value is -1.15. The molecule has 0 radical (unpaired) electrons. The van der Waals surface area contributed by atoms with Crippen molar-refractivity contribution in [2.75, 3.05) is 6.61 Å². The van der Waals surface area contributed by atoms with E-state index < -0.39 is 0 Å². The largest absolute Gasteiger partial charge is 0.370 e. The van der Waals surface area contributed by atoms with E-state index >= 15 is 0 Å². The molecule has 0 amide bonds. The van der Waals surface area contributed by atoms with Gasteiger partial charge in [0.2, 0.25) is 0 Å². The summed E-state index contributed by atoms with van der Waals surface area (Å²) in [6.07, 6.45) is 0.609. The minimum atomic E-state index is -0.387. The lowest BCUT2D eigenvalue weighted by atomic mass is 9.84. The predicted molar refractivity (Wildman–Crippen MR) is 84.2 cm³/mol. The van der Waals surface area contributed by atoms with Crippen LogP contribution in [-0.4, -0.2) is 18.5 Å². The number of carbonyl (C=O) groups is 1. The van der Waals surface area contributed by atoms with Gasteiger partial charge in [-0.25, -0.2) is 0 Å². The highest BCUT2D eigenvalue weighted by atomic mass is 16.5. The van der Waals surface area contributed by atoms with Gasteiger partial charge in [0.05, 0.1) is 0 Å². The summed E-state index contributed by atoms with van der Waals surface area (Å²) in [5.74, 6) is 0.676. The van der Waals surface area contributed by atoms with Crippen LogP contribution in [0.3, 0.4) is 0 Å². The Bertz CT molecular complexity index is 441. The van der Waals surface area contributed by atoms with Gasteiger partial charge in [0.1, 0.15) is 6.10 Å². The van der Waals surface area contributed by atoms with Crippen molar-refractivity contribution in [2.45, 2.75) is 54.1 Å². The van der Waals surface area contributed by atoms with E-state index in [9.17, 15) is 4.79 Å². The zero-order chi connectivity index (χ0) is 15.3. The number of carbonyl (C=O) groups excluding carboxylic acids is 1. The summed E-state index contributed by atoms with van der Waals surface area (Å²) in [7, 11) is 0. The van der Waals surface area contributed by atoms with E-state index in [1.807, 2.05) is 45.9 Å². The second-order valence-electron chi connectivity index (χ2n) is 6.86. The molecule has 1 aromatic rings. The van der Waals surface area contributed by atoms with Gasteiger partial charge < -0.3 is 4.74 Å². The van der Waals surface area contributed by atoms with E-state index in [-0.39, 0.29) is 17.3 Å². The highest BCUT2D eigenvalue weighted by Gasteiger charge is 2.32. The van der Waals surface area contributed by atoms with Crippen LogP contribution in [0.5, 0.6) is 0 Å². The quantitative estimate of drug-likeness (QED) is 0.714. The van der Waals surface area contributed by atoms with E-state index in [1.165, 1.54) is 5.56 Å². The number of rotatable bonds is 6. The molecule has 1 rings (SSSR count). The standard InChI is InChI=1S/C18H28O2/c1-7-20-17(18(4,5)6)16(19)15-10-8-9-14(12-15)11-13(2)3/h8-10,12-13,17H,7,11H2,1-6H3. The fraction of sp³-hybridized carbons (Fsp3) is 0.611. The van der Waals surface area contributed by atoms with E-state index in [2.05, 4.69) is 19.9 Å². The molecule has 0 heterocycles. The number of hydrogen-bond donors (Lipinski definition) is 0. The van der Waals surface area contributed by atoms with Crippen molar-refractivity contribution in [2.24, 2.45) is 11.3 Å². The number of ether oxygens (including phenoxy) is 1. The highest BCUT2D eigenvalue weighted by Crippen LogP contribution is 2.26. The molecule has 0 aliphatic rings. The molecule has 20 heavy (non-hydrogen) atoms. The van der Waals surface area contributed by atoms with Crippen molar-refractivity contribution < 1.29 is 9.53 Å². The Labute approximate surface area is 123 Å². The molecule has 2 heteroatoms. The third-order valence-electron chi connectivity index (χ3n) is 3.21. The van der Waals surface area contributed by atoms with Gasteiger partial charge in [0, 0.05) is 12.2 Å². The smallest absolute Gasteiger partial charge is 0.192 e. The molecule has 0 saturated carbocycles. The van der Waals surface area contributed by atoms with Crippen LogP contribution in [0, 0.1) is 11.3 Å². The molecule has 0 aliphatic heterocycles. The molecule has 0 N–H and O–H groups in total. The monoisotopic (exact) mass is 276 g/mol. The molecule has 1 unspecified atom stereocenters. The molecule has 0 aliphatic carbocycles. The first-order valence-electron chi connectivity index (χ1n) is 7.50. The van der Waals surface area contributed by atoms with E-state index in [0.717, 1.165) is 12.0 Å². The average Bonchev–Trinajstić information content (AvgIpc) is 2.33. The van der Waals surface area contributed by atoms with Crippen molar-refractivity contribution in [3.8, 4) is 0 Å². The van der Waals surface area contributed by atoms with E-state index in [0.29, 0.717) is 12.5 Å². The number of hydrogen-bond acceptors (Lipinski definition) is 2. The molecule has 112 valence electrons. The topological polar surface area (TPSA) is 26.3 Å². The number of benzene rings is 1. The summed E-state index contributed by atoms with van der Waals surface area (Å²) >= 11 is 0. The molecule has 2 nitrogen and oxygen atoms in total. The summed E-state index contributed by atoms with van der Waals surface area (Å²) in [5.41, 5.74) is 1.78. The highest BCUT2D eigenvalue weighted by molar-refractivity contribution is 6.00. The van der Waals surface area contributed by atoms with Gasteiger partial charge in [-0.1, -0.05) is 52.8 Å². The van der Waals surface area contributed by atoms with Crippen molar-refractivity contribution in [1.82, 2.24) is 0 Å².